The average molecular weight is 440 g/mol. The molecule has 0 bridgehead atoms. The average Bonchev–Trinajstić information content (AvgIpc) is 3.22. The maximum atomic E-state index is 14.9. The highest BCUT2D eigenvalue weighted by Crippen LogP contribution is 2.41. The summed E-state index contributed by atoms with van der Waals surface area (Å²) in [7, 11) is 1.88. The van der Waals surface area contributed by atoms with Crippen molar-refractivity contribution in [3.8, 4) is 11.9 Å². The predicted octanol–water partition coefficient (Wildman–Crippen LogP) is 3.38. The predicted molar refractivity (Wildman–Crippen MR) is 109 cm³/mol. The van der Waals surface area contributed by atoms with Crippen molar-refractivity contribution in [1.82, 2.24) is 19.9 Å². The molecule has 0 N–H and O–H groups in total. The van der Waals surface area contributed by atoms with Crippen LogP contribution in [0, 0.1) is 5.82 Å². The summed E-state index contributed by atoms with van der Waals surface area (Å²) in [6.07, 6.45) is 2.09. The molecule has 0 radical (unpaired) electrons. The van der Waals surface area contributed by atoms with E-state index < -0.39 is 12.0 Å². The lowest BCUT2D eigenvalue weighted by Gasteiger charge is -2.31. The van der Waals surface area contributed by atoms with E-state index in [-0.39, 0.29) is 40.8 Å². The van der Waals surface area contributed by atoms with Crippen LogP contribution in [0.15, 0.2) is 0 Å². The van der Waals surface area contributed by atoms with Gasteiger partial charge in [-0.2, -0.15) is 15.0 Å². The Balaban J connectivity index is 1.55. The lowest BCUT2D eigenvalue weighted by Crippen LogP contribution is -2.43. The van der Waals surface area contributed by atoms with Gasteiger partial charge in [-0.15, -0.1) is 0 Å². The Kier molecular flexibility index (Phi) is 4.85. The minimum atomic E-state index is -0.852. The summed E-state index contributed by atoms with van der Waals surface area (Å²) in [6.45, 7) is 4.16. The number of rotatable bonds is 3. The fourth-order valence-electron chi connectivity index (χ4n) is 4.88. The highest BCUT2D eigenvalue weighted by Gasteiger charge is 2.49. The van der Waals surface area contributed by atoms with Crippen LogP contribution in [0.3, 0.4) is 0 Å². The third-order valence-electron chi connectivity index (χ3n) is 6.45. The van der Waals surface area contributed by atoms with Gasteiger partial charge in [0.2, 0.25) is 5.88 Å². The SMILES string of the molecule is CC1CCN(C)c2nc(OC[C@@]34CCCN3C[C@H](F)C4)nc3c(F)c(Cl)nc(c23)O1. The Morgan fingerprint density at radius 2 is 2.13 bits per heavy atom. The lowest BCUT2D eigenvalue weighted by molar-refractivity contribution is 0.107. The van der Waals surface area contributed by atoms with Gasteiger partial charge in [-0.1, -0.05) is 11.6 Å². The molecule has 3 aliphatic heterocycles. The summed E-state index contributed by atoms with van der Waals surface area (Å²) >= 11 is 6.02. The summed E-state index contributed by atoms with van der Waals surface area (Å²) in [5, 5.41) is 0.0730. The second-order valence-corrected chi connectivity index (χ2v) is 8.94. The first-order chi connectivity index (χ1) is 14.4. The molecule has 1 unspecified atom stereocenters. The van der Waals surface area contributed by atoms with Gasteiger partial charge in [0, 0.05) is 33.0 Å². The first kappa shape index (κ1) is 19.9. The molecule has 0 saturated carbocycles. The van der Waals surface area contributed by atoms with E-state index >= 15 is 0 Å². The van der Waals surface area contributed by atoms with Gasteiger partial charge in [-0.3, -0.25) is 4.90 Å². The normalized spacial score (nSPS) is 28.9. The Morgan fingerprint density at radius 3 is 2.97 bits per heavy atom. The monoisotopic (exact) mass is 439 g/mol. The first-order valence-corrected chi connectivity index (χ1v) is 10.7. The van der Waals surface area contributed by atoms with Gasteiger partial charge in [0.1, 0.15) is 29.5 Å². The Labute approximate surface area is 178 Å². The molecule has 2 aromatic heterocycles. The molecule has 30 heavy (non-hydrogen) atoms. The zero-order valence-corrected chi connectivity index (χ0v) is 17.8. The Hall–Kier alpha value is -2.00. The van der Waals surface area contributed by atoms with Gasteiger partial charge >= 0.3 is 6.01 Å². The molecule has 0 spiro atoms. The fourth-order valence-corrected chi connectivity index (χ4v) is 5.05. The van der Waals surface area contributed by atoms with Crippen LogP contribution in [-0.4, -0.2) is 71.0 Å². The highest BCUT2D eigenvalue weighted by molar-refractivity contribution is 6.30. The number of halogens is 3. The van der Waals surface area contributed by atoms with Crippen molar-refractivity contribution in [1.29, 1.82) is 0 Å². The van der Waals surface area contributed by atoms with E-state index in [1.807, 2.05) is 18.9 Å². The molecule has 2 saturated heterocycles. The van der Waals surface area contributed by atoms with Crippen molar-refractivity contribution in [2.24, 2.45) is 0 Å². The highest BCUT2D eigenvalue weighted by atomic mass is 35.5. The van der Waals surface area contributed by atoms with Gasteiger partial charge in [0.05, 0.1) is 11.6 Å². The molecule has 0 amide bonds. The number of fused-ring (bicyclic) bond motifs is 1. The maximum Gasteiger partial charge on any atom is 0.319 e. The topological polar surface area (TPSA) is 63.6 Å². The second-order valence-electron chi connectivity index (χ2n) is 8.58. The molecule has 2 fully saturated rings. The lowest BCUT2D eigenvalue weighted by atomic mass is 9.95. The van der Waals surface area contributed by atoms with E-state index in [0.29, 0.717) is 30.7 Å². The van der Waals surface area contributed by atoms with Crippen LogP contribution in [0.5, 0.6) is 11.9 Å². The summed E-state index contributed by atoms with van der Waals surface area (Å²) in [5.74, 6) is -0.0383. The van der Waals surface area contributed by atoms with Gasteiger partial charge in [0.15, 0.2) is 11.0 Å². The molecule has 3 atom stereocenters. The van der Waals surface area contributed by atoms with Crippen LogP contribution in [0.4, 0.5) is 14.6 Å². The molecule has 0 aromatic carbocycles. The van der Waals surface area contributed by atoms with Crippen molar-refractivity contribution >= 4 is 28.3 Å². The van der Waals surface area contributed by atoms with Crippen molar-refractivity contribution < 1.29 is 18.3 Å². The van der Waals surface area contributed by atoms with Crippen LogP contribution >= 0.6 is 11.6 Å². The van der Waals surface area contributed by atoms with E-state index in [9.17, 15) is 8.78 Å². The zero-order chi connectivity index (χ0) is 21.0. The number of pyridine rings is 1. The molecular weight excluding hydrogens is 416 g/mol. The zero-order valence-electron chi connectivity index (χ0n) is 17.0. The maximum absolute atomic E-state index is 14.9. The number of anilines is 1. The smallest absolute Gasteiger partial charge is 0.319 e. The molecule has 0 aliphatic carbocycles. The minimum Gasteiger partial charge on any atom is -0.474 e. The number of nitrogens with zero attached hydrogens (tertiary/aromatic N) is 5. The number of ether oxygens (including phenoxy) is 2. The summed E-state index contributed by atoms with van der Waals surface area (Å²) in [5.41, 5.74) is -0.325. The number of hydrogen-bond donors (Lipinski definition) is 0. The van der Waals surface area contributed by atoms with Gasteiger partial charge in [-0.25, -0.2) is 8.78 Å². The largest absolute Gasteiger partial charge is 0.474 e. The Morgan fingerprint density at radius 1 is 1.30 bits per heavy atom. The molecular formula is C20H24ClF2N5O2. The third kappa shape index (κ3) is 3.22. The minimum absolute atomic E-state index is 0.0153. The van der Waals surface area contributed by atoms with Crippen molar-refractivity contribution in [2.75, 3.05) is 38.2 Å². The third-order valence-corrected chi connectivity index (χ3v) is 6.70. The van der Waals surface area contributed by atoms with Gasteiger partial charge in [0.25, 0.3) is 0 Å². The van der Waals surface area contributed by atoms with Crippen LogP contribution in [-0.2, 0) is 0 Å². The number of aromatic nitrogens is 3. The Bertz CT molecular complexity index is 996. The fraction of sp³-hybridized carbons (Fsp3) is 0.650. The van der Waals surface area contributed by atoms with Crippen LogP contribution in [0.25, 0.3) is 10.9 Å². The van der Waals surface area contributed by atoms with E-state index in [4.69, 9.17) is 21.1 Å². The van der Waals surface area contributed by atoms with Crippen molar-refractivity contribution in [3.63, 3.8) is 0 Å². The molecule has 162 valence electrons. The second kappa shape index (κ2) is 7.30. The van der Waals surface area contributed by atoms with Gasteiger partial charge < -0.3 is 14.4 Å². The van der Waals surface area contributed by atoms with Crippen LogP contribution in [0.2, 0.25) is 5.15 Å². The number of hydrogen-bond acceptors (Lipinski definition) is 7. The summed E-state index contributed by atoms with van der Waals surface area (Å²) in [6, 6.07) is 0.0496. The van der Waals surface area contributed by atoms with E-state index in [1.165, 1.54) is 0 Å². The van der Waals surface area contributed by atoms with Crippen molar-refractivity contribution in [3.05, 3.63) is 11.0 Å². The van der Waals surface area contributed by atoms with Crippen LogP contribution < -0.4 is 14.4 Å². The van der Waals surface area contributed by atoms with E-state index in [0.717, 1.165) is 25.8 Å². The number of alkyl halides is 1. The molecule has 7 nitrogen and oxygen atoms in total. The molecule has 5 rings (SSSR count). The first-order valence-electron chi connectivity index (χ1n) is 10.3. The van der Waals surface area contributed by atoms with E-state index in [1.54, 1.807) is 0 Å². The summed E-state index contributed by atoms with van der Waals surface area (Å²) < 4.78 is 40.8. The molecule has 10 heteroatoms. The van der Waals surface area contributed by atoms with E-state index in [2.05, 4.69) is 19.9 Å². The van der Waals surface area contributed by atoms with Gasteiger partial charge in [-0.05, 0) is 26.3 Å². The van der Waals surface area contributed by atoms with Crippen molar-refractivity contribution in [2.45, 2.75) is 50.4 Å². The van der Waals surface area contributed by atoms with Crippen LogP contribution in [0.1, 0.15) is 32.6 Å². The molecule has 2 aromatic rings. The quantitative estimate of drug-likeness (QED) is 0.679. The molecule has 3 aliphatic rings. The summed E-state index contributed by atoms with van der Waals surface area (Å²) in [4.78, 5) is 17.0. The standard InChI is InChI=1S/C20H24ClF2N5O2/c1-11-4-7-27(2)17-13-15(14(23)16(21)25-18(13)30-11)24-19(26-17)29-10-20-5-3-6-28(20)9-12(22)8-20/h11-12H,3-10H2,1-2H3/t11?,12-,20+/m1/s1. The molecule has 5 heterocycles.